The van der Waals surface area contributed by atoms with Crippen LogP contribution in [0.25, 0.3) is 5.69 Å². The van der Waals surface area contributed by atoms with Gasteiger partial charge in [0.15, 0.2) is 5.78 Å². The van der Waals surface area contributed by atoms with E-state index >= 15 is 0 Å². The molecule has 0 fully saturated rings. The predicted octanol–water partition coefficient (Wildman–Crippen LogP) is 0.222. The lowest BCUT2D eigenvalue weighted by Gasteiger charge is -2.10. The Labute approximate surface area is 152 Å². The van der Waals surface area contributed by atoms with Gasteiger partial charge in [0.1, 0.15) is 17.7 Å². The molecule has 10 heteroatoms. The van der Waals surface area contributed by atoms with Gasteiger partial charge in [-0.15, -0.1) is 5.10 Å². The number of hydrogen-bond donors (Lipinski definition) is 1. The van der Waals surface area contributed by atoms with Crippen molar-refractivity contribution >= 4 is 23.4 Å². The average Bonchev–Trinajstić information content (AvgIpc) is 3.13. The molecule has 0 radical (unpaired) electrons. The second-order valence-electron chi connectivity index (χ2n) is 5.49. The van der Waals surface area contributed by atoms with Gasteiger partial charge < -0.3 is 5.73 Å². The Morgan fingerprint density at radius 2 is 1.85 bits per heavy atom. The minimum atomic E-state index is -0.709. The lowest BCUT2D eigenvalue weighted by Crippen LogP contribution is -2.41. The second kappa shape index (κ2) is 7.00. The summed E-state index contributed by atoms with van der Waals surface area (Å²) >= 11 is 1.09. The number of thioether (sulfide) groups is 1. The number of nitrogen functional groups attached to an aromatic ring is 1. The first kappa shape index (κ1) is 17.7. The number of para-hydroxylation sites is 1. The van der Waals surface area contributed by atoms with Crippen molar-refractivity contribution in [2.24, 2.45) is 14.1 Å². The minimum Gasteiger partial charge on any atom is -0.384 e. The van der Waals surface area contributed by atoms with Gasteiger partial charge in [-0.25, -0.2) is 14.5 Å². The summed E-state index contributed by atoms with van der Waals surface area (Å²) in [5.41, 5.74) is 5.13. The molecule has 2 N–H and O–H groups in total. The number of Topliss-reactive ketones (excluding diaryl/α,β-unsaturated/α-hetero) is 1. The number of ketones is 1. The molecule has 0 spiro atoms. The highest BCUT2D eigenvalue weighted by Gasteiger charge is 2.20. The summed E-state index contributed by atoms with van der Waals surface area (Å²) in [4.78, 5) is 40.6. The van der Waals surface area contributed by atoms with Crippen LogP contribution >= 0.6 is 11.8 Å². The van der Waals surface area contributed by atoms with Gasteiger partial charge in [-0.2, -0.15) is 0 Å². The van der Waals surface area contributed by atoms with Crippen molar-refractivity contribution in [3.05, 3.63) is 63.1 Å². The number of aromatic nitrogens is 5. The van der Waals surface area contributed by atoms with Crippen LogP contribution in [-0.4, -0.2) is 35.4 Å². The highest BCUT2D eigenvalue weighted by Crippen LogP contribution is 2.16. The number of anilines is 1. The number of carbonyl (C=O) groups is 1. The van der Waals surface area contributed by atoms with Gasteiger partial charge in [-0.3, -0.25) is 18.7 Å². The molecular weight excluding hydrogens is 356 g/mol. The average molecular weight is 372 g/mol. The van der Waals surface area contributed by atoms with Crippen LogP contribution in [0.1, 0.15) is 10.4 Å². The fourth-order valence-corrected chi connectivity index (χ4v) is 3.02. The Morgan fingerprint density at radius 3 is 2.54 bits per heavy atom. The van der Waals surface area contributed by atoms with Crippen LogP contribution < -0.4 is 17.0 Å². The zero-order valence-electron chi connectivity index (χ0n) is 14.1. The van der Waals surface area contributed by atoms with E-state index in [1.54, 1.807) is 11.0 Å². The molecule has 0 aliphatic rings. The minimum absolute atomic E-state index is 0.0730. The van der Waals surface area contributed by atoms with Crippen LogP contribution in [0, 0.1) is 0 Å². The summed E-state index contributed by atoms with van der Waals surface area (Å²) in [6, 6.07) is 9.41. The normalized spacial score (nSPS) is 10.8. The Morgan fingerprint density at radius 1 is 1.15 bits per heavy atom. The lowest BCUT2D eigenvalue weighted by atomic mass is 10.2. The molecule has 134 valence electrons. The molecule has 0 aliphatic heterocycles. The lowest BCUT2D eigenvalue weighted by molar-refractivity contribution is 0.102. The van der Waals surface area contributed by atoms with Crippen LogP contribution in [-0.2, 0) is 14.1 Å². The first-order chi connectivity index (χ1) is 12.4. The van der Waals surface area contributed by atoms with Crippen molar-refractivity contribution in [1.82, 2.24) is 23.9 Å². The van der Waals surface area contributed by atoms with E-state index < -0.39 is 17.0 Å². The summed E-state index contributed by atoms with van der Waals surface area (Å²) in [6.07, 6.45) is 1.54. The van der Waals surface area contributed by atoms with E-state index in [-0.39, 0.29) is 17.1 Å². The highest BCUT2D eigenvalue weighted by molar-refractivity contribution is 7.99. The Bertz CT molecular complexity index is 1080. The van der Waals surface area contributed by atoms with E-state index in [9.17, 15) is 14.4 Å². The van der Waals surface area contributed by atoms with Gasteiger partial charge in [0.05, 0.1) is 11.4 Å². The SMILES string of the molecule is Cn1c(N)c(C(=O)CSc2ncn(-c3ccccc3)n2)c(=O)n(C)c1=O. The van der Waals surface area contributed by atoms with E-state index in [1.807, 2.05) is 30.3 Å². The molecular formula is C16H16N6O3S. The third-order valence-electron chi connectivity index (χ3n) is 3.81. The smallest absolute Gasteiger partial charge is 0.332 e. The van der Waals surface area contributed by atoms with Gasteiger partial charge in [0.25, 0.3) is 5.56 Å². The summed E-state index contributed by atoms with van der Waals surface area (Å²) in [5, 5.41) is 4.68. The predicted molar refractivity (Wildman–Crippen MR) is 97.7 cm³/mol. The zero-order valence-corrected chi connectivity index (χ0v) is 14.9. The topological polar surface area (TPSA) is 118 Å². The van der Waals surface area contributed by atoms with E-state index in [2.05, 4.69) is 10.1 Å². The van der Waals surface area contributed by atoms with E-state index in [1.165, 1.54) is 14.1 Å². The summed E-state index contributed by atoms with van der Waals surface area (Å²) in [7, 11) is 2.71. The molecule has 0 unspecified atom stereocenters. The molecule has 2 aromatic heterocycles. The Balaban J connectivity index is 1.80. The van der Waals surface area contributed by atoms with Crippen molar-refractivity contribution in [2.75, 3.05) is 11.5 Å². The monoisotopic (exact) mass is 372 g/mol. The van der Waals surface area contributed by atoms with Crippen molar-refractivity contribution in [1.29, 1.82) is 0 Å². The number of benzene rings is 1. The molecule has 3 rings (SSSR count). The van der Waals surface area contributed by atoms with E-state index in [4.69, 9.17) is 5.73 Å². The Hall–Kier alpha value is -3.14. The summed E-state index contributed by atoms with van der Waals surface area (Å²) in [5.74, 6) is -0.706. The number of rotatable bonds is 5. The molecule has 2 heterocycles. The molecule has 0 saturated carbocycles. The van der Waals surface area contributed by atoms with Gasteiger partial charge >= 0.3 is 5.69 Å². The molecule has 9 nitrogen and oxygen atoms in total. The van der Waals surface area contributed by atoms with Crippen molar-refractivity contribution in [3.63, 3.8) is 0 Å². The zero-order chi connectivity index (χ0) is 18.8. The molecule has 0 amide bonds. The first-order valence-corrected chi connectivity index (χ1v) is 8.57. The molecule has 0 bridgehead atoms. The standard InChI is InChI=1S/C16H16N6O3S/c1-20-13(17)12(14(24)21(2)16(20)25)11(23)8-26-15-18-9-22(19-15)10-6-4-3-5-7-10/h3-7,9H,8,17H2,1-2H3. The number of carbonyl (C=O) groups excluding carboxylic acids is 1. The molecule has 26 heavy (non-hydrogen) atoms. The third-order valence-corrected chi connectivity index (χ3v) is 4.66. The fraction of sp³-hybridized carbons (Fsp3) is 0.188. The van der Waals surface area contributed by atoms with Gasteiger partial charge in [-0.05, 0) is 12.1 Å². The van der Waals surface area contributed by atoms with Gasteiger partial charge in [-0.1, -0.05) is 30.0 Å². The number of hydrogen-bond acceptors (Lipinski definition) is 7. The largest absolute Gasteiger partial charge is 0.384 e. The van der Waals surface area contributed by atoms with E-state index in [0.717, 1.165) is 26.6 Å². The summed E-state index contributed by atoms with van der Waals surface area (Å²) < 4.78 is 3.52. The first-order valence-electron chi connectivity index (χ1n) is 7.58. The number of nitrogens with zero attached hydrogens (tertiary/aromatic N) is 5. The molecule has 0 aliphatic carbocycles. The quantitative estimate of drug-likeness (QED) is 0.503. The molecule has 0 saturated heterocycles. The third kappa shape index (κ3) is 3.18. The van der Waals surface area contributed by atoms with Crippen LogP contribution in [0.2, 0.25) is 0 Å². The molecule has 3 aromatic rings. The maximum Gasteiger partial charge on any atom is 0.332 e. The fourth-order valence-electron chi connectivity index (χ4n) is 2.34. The number of nitrogens with two attached hydrogens (primary N) is 1. The Kier molecular flexibility index (Phi) is 4.76. The van der Waals surface area contributed by atoms with Gasteiger partial charge in [0.2, 0.25) is 5.16 Å². The molecule has 1 aromatic carbocycles. The van der Waals surface area contributed by atoms with Crippen LogP contribution in [0.5, 0.6) is 0 Å². The van der Waals surface area contributed by atoms with Crippen LogP contribution in [0.3, 0.4) is 0 Å². The summed E-state index contributed by atoms with van der Waals surface area (Å²) in [6.45, 7) is 0. The maximum atomic E-state index is 12.5. The van der Waals surface area contributed by atoms with Crippen molar-refractivity contribution < 1.29 is 4.79 Å². The maximum absolute atomic E-state index is 12.5. The van der Waals surface area contributed by atoms with Crippen molar-refractivity contribution in [2.45, 2.75) is 5.16 Å². The van der Waals surface area contributed by atoms with E-state index in [0.29, 0.717) is 5.16 Å². The molecule has 0 atom stereocenters. The van der Waals surface area contributed by atoms with Crippen LogP contribution in [0.15, 0.2) is 51.4 Å². The van der Waals surface area contributed by atoms with Crippen molar-refractivity contribution in [3.8, 4) is 5.69 Å². The van der Waals surface area contributed by atoms with Crippen LogP contribution in [0.4, 0.5) is 5.82 Å². The van der Waals surface area contributed by atoms with Gasteiger partial charge in [0, 0.05) is 14.1 Å². The second-order valence-corrected chi connectivity index (χ2v) is 6.43. The highest BCUT2D eigenvalue weighted by atomic mass is 32.2.